The lowest BCUT2D eigenvalue weighted by atomic mass is 9.78. The van der Waals surface area contributed by atoms with E-state index in [9.17, 15) is 24.1 Å². The Morgan fingerprint density at radius 2 is 2.00 bits per heavy atom. The first-order valence-electron chi connectivity index (χ1n) is 11.8. The molecule has 5 atom stereocenters. The molecule has 3 aromatic rings. The quantitative estimate of drug-likeness (QED) is 0.438. The summed E-state index contributed by atoms with van der Waals surface area (Å²) >= 11 is 0. The number of hydrogen-bond donors (Lipinski definition) is 3. The molecule has 3 N–H and O–H groups in total. The number of aromatic nitrogens is 4. The van der Waals surface area contributed by atoms with E-state index >= 15 is 0 Å². The Balaban J connectivity index is 1.43. The summed E-state index contributed by atoms with van der Waals surface area (Å²) in [5, 5.41) is 43.5. The van der Waals surface area contributed by atoms with E-state index in [0.29, 0.717) is 24.3 Å². The van der Waals surface area contributed by atoms with Gasteiger partial charge < -0.3 is 29.3 Å². The molecule has 3 heterocycles. The summed E-state index contributed by atoms with van der Waals surface area (Å²) in [5.41, 5.74) is -0.322. The van der Waals surface area contributed by atoms with Crippen LogP contribution in [0, 0.1) is 18.6 Å². The van der Waals surface area contributed by atoms with E-state index in [1.807, 2.05) is 0 Å². The summed E-state index contributed by atoms with van der Waals surface area (Å²) in [5.74, 6) is -1.63. The minimum atomic E-state index is -1.24. The number of hydrogen-bond acceptors (Lipinski definition) is 9. The summed E-state index contributed by atoms with van der Waals surface area (Å²) in [4.78, 5) is 0. The number of methoxy groups -OCH3 is 1. The number of halogens is 2. The number of rotatable bonds is 7. The first-order valence-corrected chi connectivity index (χ1v) is 11.8. The van der Waals surface area contributed by atoms with Gasteiger partial charge in [0.15, 0.2) is 17.4 Å². The van der Waals surface area contributed by atoms with Gasteiger partial charge in [-0.25, -0.2) is 13.5 Å². The number of benzene rings is 1. The van der Waals surface area contributed by atoms with E-state index in [4.69, 9.17) is 14.0 Å². The highest BCUT2D eigenvalue weighted by Crippen LogP contribution is 2.41. The van der Waals surface area contributed by atoms with Crippen LogP contribution in [0.25, 0.3) is 11.3 Å². The first kappa shape index (κ1) is 24.9. The maximum Gasteiger partial charge on any atom is 0.168 e. The number of aliphatic hydroxyl groups is 3. The van der Waals surface area contributed by atoms with Crippen molar-refractivity contribution in [3.05, 3.63) is 53.0 Å². The van der Waals surface area contributed by atoms with Crippen molar-refractivity contribution in [3.8, 4) is 11.3 Å². The Hall–Kier alpha value is -2.77. The predicted molar refractivity (Wildman–Crippen MR) is 120 cm³/mol. The van der Waals surface area contributed by atoms with E-state index in [0.717, 1.165) is 6.42 Å². The zero-order valence-corrected chi connectivity index (χ0v) is 19.8. The Labute approximate surface area is 205 Å². The van der Waals surface area contributed by atoms with Gasteiger partial charge in [0.1, 0.15) is 35.6 Å². The predicted octanol–water partition coefficient (Wildman–Crippen LogP) is 1.81. The molecular formula is C24H28F2N4O6. The summed E-state index contributed by atoms with van der Waals surface area (Å²) in [6, 6.07) is 3.66. The lowest BCUT2D eigenvalue weighted by Gasteiger charge is -2.43. The van der Waals surface area contributed by atoms with Crippen LogP contribution in [0.2, 0.25) is 0 Å². The van der Waals surface area contributed by atoms with Gasteiger partial charge in [-0.15, -0.1) is 5.10 Å². The highest BCUT2D eigenvalue weighted by molar-refractivity contribution is 5.59. The summed E-state index contributed by atoms with van der Waals surface area (Å²) in [6.45, 7) is 0.980. The summed E-state index contributed by atoms with van der Waals surface area (Å²) in [7, 11) is 1.44. The van der Waals surface area contributed by atoms with Crippen molar-refractivity contribution in [2.24, 2.45) is 0 Å². The molecule has 10 nitrogen and oxygen atoms in total. The third kappa shape index (κ3) is 4.22. The monoisotopic (exact) mass is 506 g/mol. The largest absolute Gasteiger partial charge is 0.394 e. The molecule has 1 aliphatic carbocycles. The fourth-order valence-electron chi connectivity index (χ4n) is 4.91. The molecular weight excluding hydrogens is 478 g/mol. The van der Waals surface area contributed by atoms with Gasteiger partial charge >= 0.3 is 0 Å². The van der Waals surface area contributed by atoms with E-state index in [2.05, 4.69) is 15.5 Å². The van der Waals surface area contributed by atoms with Crippen LogP contribution < -0.4 is 0 Å². The van der Waals surface area contributed by atoms with E-state index < -0.39 is 54.3 Å². The van der Waals surface area contributed by atoms with Crippen LogP contribution in [-0.2, 0) is 21.5 Å². The molecule has 0 radical (unpaired) electrons. The van der Waals surface area contributed by atoms with Gasteiger partial charge in [0, 0.05) is 25.2 Å². The maximum atomic E-state index is 14.5. The molecule has 0 spiro atoms. The minimum absolute atomic E-state index is 0.0702. The molecule has 5 rings (SSSR count). The van der Waals surface area contributed by atoms with Crippen molar-refractivity contribution in [1.29, 1.82) is 0 Å². The summed E-state index contributed by atoms with van der Waals surface area (Å²) < 4.78 is 47.0. The third-order valence-electron chi connectivity index (χ3n) is 7.21. The molecule has 2 aromatic heterocycles. The molecule has 1 saturated heterocycles. The van der Waals surface area contributed by atoms with Crippen LogP contribution in [0.5, 0.6) is 0 Å². The topological polar surface area (TPSA) is 136 Å². The molecule has 0 unspecified atom stereocenters. The van der Waals surface area contributed by atoms with Gasteiger partial charge in [-0.2, -0.15) is 0 Å². The molecule has 1 saturated carbocycles. The number of aryl methyl sites for hydroxylation is 1. The second kappa shape index (κ2) is 9.60. The average Bonchev–Trinajstić information content (AvgIpc) is 3.52. The van der Waals surface area contributed by atoms with E-state index in [1.165, 1.54) is 37.0 Å². The Bertz CT molecular complexity index is 1230. The van der Waals surface area contributed by atoms with Crippen molar-refractivity contribution in [2.45, 2.75) is 68.7 Å². The van der Waals surface area contributed by atoms with Crippen LogP contribution >= 0.6 is 0 Å². The number of ether oxygens (including phenoxy) is 2. The van der Waals surface area contributed by atoms with Crippen molar-refractivity contribution in [1.82, 2.24) is 20.2 Å². The molecule has 12 heteroatoms. The smallest absolute Gasteiger partial charge is 0.168 e. The molecule has 194 valence electrons. The minimum Gasteiger partial charge on any atom is -0.394 e. The highest BCUT2D eigenvalue weighted by Gasteiger charge is 2.47. The first-order chi connectivity index (χ1) is 17.3. The number of aliphatic hydroxyl groups excluding tert-OH is 2. The molecule has 0 bridgehead atoms. The van der Waals surface area contributed by atoms with Gasteiger partial charge in [-0.05, 0) is 37.8 Å². The fraction of sp³-hybridized carbons (Fsp3) is 0.542. The van der Waals surface area contributed by atoms with Gasteiger partial charge in [0.25, 0.3) is 0 Å². The Morgan fingerprint density at radius 1 is 1.22 bits per heavy atom. The van der Waals surface area contributed by atoms with Gasteiger partial charge in [0.05, 0.1) is 24.6 Å². The summed E-state index contributed by atoms with van der Waals surface area (Å²) in [6.07, 6.45) is 0.0255. The van der Waals surface area contributed by atoms with Gasteiger partial charge in [-0.3, -0.25) is 0 Å². The Kier molecular flexibility index (Phi) is 6.64. The van der Waals surface area contributed by atoms with Crippen LogP contribution in [-0.4, -0.2) is 73.6 Å². The average molecular weight is 507 g/mol. The lowest BCUT2D eigenvalue weighted by molar-refractivity contribution is -0.212. The molecule has 0 amide bonds. The highest BCUT2D eigenvalue weighted by atomic mass is 19.2. The number of nitrogens with zero attached hydrogens (tertiary/aromatic N) is 4. The molecule has 2 aliphatic rings. The normalized spacial score (nSPS) is 27.7. The van der Waals surface area contributed by atoms with Crippen LogP contribution in [0.15, 0.2) is 28.9 Å². The van der Waals surface area contributed by atoms with Crippen molar-refractivity contribution < 1.29 is 38.1 Å². The molecule has 1 aliphatic heterocycles. The van der Waals surface area contributed by atoms with Crippen LogP contribution in [0.3, 0.4) is 0 Å². The van der Waals surface area contributed by atoms with Gasteiger partial charge in [-0.1, -0.05) is 16.4 Å². The van der Waals surface area contributed by atoms with E-state index in [1.54, 1.807) is 6.07 Å². The van der Waals surface area contributed by atoms with Crippen molar-refractivity contribution in [3.63, 3.8) is 0 Å². The molecule has 2 fully saturated rings. The van der Waals surface area contributed by atoms with Gasteiger partial charge in [0.2, 0.25) is 0 Å². The standard InChI is InChI=1S/C24H28F2N4O6/c1-12-4-5-14(20(26)19(12)25)15-10-30(29-27-15)21-22(32)17(11-31)35-16(23(21)34-2)8-13-9-18(36-28-13)24(33)6-3-7-24/h4-5,9-10,16-17,21-23,31-33H,3,6-8,11H2,1-2H3/t16-,17-,21+,22+,23+/m1/s1. The zero-order chi connectivity index (χ0) is 25.6. The van der Waals surface area contributed by atoms with Crippen molar-refractivity contribution in [2.75, 3.05) is 13.7 Å². The zero-order valence-electron chi connectivity index (χ0n) is 19.8. The second-order valence-electron chi connectivity index (χ2n) is 9.49. The lowest BCUT2D eigenvalue weighted by Crippen LogP contribution is -2.57. The van der Waals surface area contributed by atoms with Crippen LogP contribution in [0.4, 0.5) is 8.78 Å². The second-order valence-corrected chi connectivity index (χ2v) is 9.49. The van der Waals surface area contributed by atoms with Crippen molar-refractivity contribution >= 4 is 0 Å². The SMILES string of the molecule is CO[C@@H]1[C@@H](n2cc(-c3ccc(C)c(F)c3F)nn2)[C@@H](O)[C@@H](CO)O[C@@H]1Cc1cc(C2(O)CCC2)on1. The van der Waals surface area contributed by atoms with E-state index in [-0.39, 0.29) is 23.2 Å². The molecule has 1 aromatic carbocycles. The third-order valence-corrected chi connectivity index (χ3v) is 7.21. The maximum absolute atomic E-state index is 14.5. The Morgan fingerprint density at radius 3 is 2.67 bits per heavy atom. The van der Waals surface area contributed by atoms with Crippen LogP contribution in [0.1, 0.15) is 42.3 Å². The molecule has 36 heavy (non-hydrogen) atoms. The fourth-order valence-corrected chi connectivity index (χ4v) is 4.91.